The number of rotatable bonds is 2. The van der Waals surface area contributed by atoms with Crippen LogP contribution in [0, 0.1) is 5.82 Å². The molecule has 3 aromatic rings. The molecule has 1 atom stereocenters. The van der Waals surface area contributed by atoms with Crippen LogP contribution in [0.1, 0.15) is 34.9 Å². The third-order valence-corrected chi connectivity index (χ3v) is 6.04. The number of nitrogens with zero attached hydrogens (tertiary/aromatic N) is 2. The highest BCUT2D eigenvalue weighted by molar-refractivity contribution is 7.19. The number of fused-ring (bicyclic) bond motifs is 4. The van der Waals surface area contributed by atoms with Gasteiger partial charge in [0, 0.05) is 16.9 Å². The van der Waals surface area contributed by atoms with Crippen molar-refractivity contribution in [3.05, 3.63) is 46.3 Å². The van der Waals surface area contributed by atoms with Crippen LogP contribution < -0.4 is 10.1 Å². The molecule has 3 heterocycles. The van der Waals surface area contributed by atoms with E-state index in [0.717, 1.165) is 40.9 Å². The zero-order chi connectivity index (χ0) is 16.1. The standard InChI is InChI=1S/C18H16FN3OS/c19-12-5-1-3-10-13(7-8-23-16(10)12)22-17-15-11-4-2-6-14(11)24-18(15)21-9-20-17/h1,3,5,9,13H,2,4,6-8H2,(H,20,21,22)/t13-/m0/s1. The van der Waals surface area contributed by atoms with Gasteiger partial charge in [-0.1, -0.05) is 12.1 Å². The lowest BCUT2D eigenvalue weighted by Gasteiger charge is -2.27. The fraction of sp³-hybridized carbons (Fsp3) is 0.333. The summed E-state index contributed by atoms with van der Waals surface area (Å²) in [5.41, 5.74) is 2.25. The van der Waals surface area contributed by atoms with Gasteiger partial charge >= 0.3 is 0 Å². The minimum Gasteiger partial charge on any atom is -0.490 e. The van der Waals surface area contributed by atoms with E-state index < -0.39 is 0 Å². The second-order valence-electron chi connectivity index (χ2n) is 6.25. The molecule has 0 bridgehead atoms. The second-order valence-corrected chi connectivity index (χ2v) is 7.34. The Kier molecular flexibility index (Phi) is 3.19. The maximum absolute atomic E-state index is 14.0. The Morgan fingerprint density at radius 3 is 3.17 bits per heavy atom. The maximum atomic E-state index is 14.0. The van der Waals surface area contributed by atoms with Gasteiger partial charge in [-0.3, -0.25) is 0 Å². The van der Waals surface area contributed by atoms with E-state index in [9.17, 15) is 4.39 Å². The summed E-state index contributed by atoms with van der Waals surface area (Å²) in [5, 5.41) is 4.68. The van der Waals surface area contributed by atoms with E-state index in [1.54, 1.807) is 23.7 Å². The van der Waals surface area contributed by atoms with E-state index in [1.165, 1.54) is 22.9 Å². The van der Waals surface area contributed by atoms with Gasteiger partial charge in [0.05, 0.1) is 18.0 Å². The third-order valence-electron chi connectivity index (χ3n) is 4.84. The SMILES string of the molecule is Fc1cccc2c1OCC[C@@H]2Nc1ncnc2sc3c(c12)CCC3. The van der Waals surface area contributed by atoms with Crippen molar-refractivity contribution in [3.8, 4) is 5.75 Å². The van der Waals surface area contributed by atoms with Crippen molar-refractivity contribution in [1.82, 2.24) is 9.97 Å². The number of thiophene rings is 1. The number of benzene rings is 1. The lowest BCUT2D eigenvalue weighted by atomic mass is 10.00. The molecule has 1 aromatic carbocycles. The normalized spacial score (nSPS) is 19.0. The molecule has 1 N–H and O–H groups in total. The molecule has 0 saturated carbocycles. The van der Waals surface area contributed by atoms with Gasteiger partial charge in [-0.05, 0) is 30.9 Å². The monoisotopic (exact) mass is 341 g/mol. The summed E-state index contributed by atoms with van der Waals surface area (Å²) in [7, 11) is 0. The van der Waals surface area contributed by atoms with Gasteiger partial charge in [-0.25, -0.2) is 14.4 Å². The minimum absolute atomic E-state index is 0.000460. The summed E-state index contributed by atoms with van der Waals surface area (Å²) in [6.45, 7) is 0.502. The predicted octanol–water partition coefficient (Wildman–Crippen LogP) is 4.25. The van der Waals surface area contributed by atoms with Gasteiger partial charge in [0.1, 0.15) is 17.0 Å². The van der Waals surface area contributed by atoms with Gasteiger partial charge < -0.3 is 10.1 Å². The summed E-state index contributed by atoms with van der Waals surface area (Å²) in [4.78, 5) is 11.4. The highest BCUT2D eigenvalue weighted by Gasteiger charge is 2.26. The summed E-state index contributed by atoms with van der Waals surface area (Å²) in [6, 6.07) is 5.09. The molecule has 0 amide bonds. The number of nitrogens with one attached hydrogen (secondary N) is 1. The van der Waals surface area contributed by atoms with Crippen LogP contribution in [0.3, 0.4) is 0 Å². The first-order valence-electron chi connectivity index (χ1n) is 8.24. The van der Waals surface area contributed by atoms with Crippen LogP contribution in [-0.2, 0) is 12.8 Å². The van der Waals surface area contributed by atoms with Gasteiger partial charge in [0.2, 0.25) is 0 Å². The Balaban J connectivity index is 1.58. The topological polar surface area (TPSA) is 47.0 Å². The third kappa shape index (κ3) is 2.09. The van der Waals surface area contributed by atoms with Crippen molar-refractivity contribution in [2.24, 2.45) is 0 Å². The van der Waals surface area contributed by atoms with Crippen molar-refractivity contribution in [3.63, 3.8) is 0 Å². The molecule has 0 spiro atoms. The lowest BCUT2D eigenvalue weighted by Crippen LogP contribution is -2.21. The number of halogens is 1. The molecule has 24 heavy (non-hydrogen) atoms. The summed E-state index contributed by atoms with van der Waals surface area (Å²) < 4.78 is 19.5. The Hall–Kier alpha value is -2.21. The number of para-hydroxylation sites is 1. The first-order chi connectivity index (χ1) is 11.8. The van der Waals surface area contributed by atoms with Crippen LogP contribution in [-0.4, -0.2) is 16.6 Å². The second kappa shape index (κ2) is 5.41. The van der Waals surface area contributed by atoms with Crippen molar-refractivity contribution in [2.75, 3.05) is 11.9 Å². The zero-order valence-corrected chi connectivity index (χ0v) is 13.8. The van der Waals surface area contributed by atoms with Gasteiger partial charge in [-0.2, -0.15) is 0 Å². The molecule has 0 saturated heterocycles. The zero-order valence-electron chi connectivity index (χ0n) is 13.0. The molecule has 5 rings (SSSR count). The van der Waals surface area contributed by atoms with E-state index in [-0.39, 0.29) is 11.9 Å². The van der Waals surface area contributed by atoms with Crippen molar-refractivity contribution in [1.29, 1.82) is 0 Å². The fourth-order valence-electron chi connectivity index (χ4n) is 3.74. The molecular weight excluding hydrogens is 325 g/mol. The molecule has 0 fully saturated rings. The molecule has 6 heteroatoms. The number of aromatic nitrogens is 2. The first-order valence-corrected chi connectivity index (χ1v) is 9.06. The highest BCUT2D eigenvalue weighted by atomic mass is 32.1. The van der Waals surface area contributed by atoms with Crippen LogP contribution >= 0.6 is 11.3 Å². The summed E-state index contributed by atoms with van der Waals surface area (Å²) in [6.07, 6.45) is 5.84. The highest BCUT2D eigenvalue weighted by Crippen LogP contribution is 2.41. The van der Waals surface area contributed by atoms with Crippen LogP contribution in [0.2, 0.25) is 0 Å². The molecule has 0 radical (unpaired) electrons. The molecule has 1 aliphatic carbocycles. The predicted molar refractivity (Wildman–Crippen MR) is 92.3 cm³/mol. The van der Waals surface area contributed by atoms with Crippen LogP contribution in [0.5, 0.6) is 5.75 Å². The Morgan fingerprint density at radius 1 is 1.25 bits per heavy atom. The van der Waals surface area contributed by atoms with Crippen molar-refractivity contribution < 1.29 is 9.13 Å². The Labute approximate surface area is 142 Å². The van der Waals surface area contributed by atoms with Crippen LogP contribution in [0.15, 0.2) is 24.5 Å². The number of anilines is 1. The number of hydrogen-bond donors (Lipinski definition) is 1. The van der Waals surface area contributed by atoms with E-state index >= 15 is 0 Å². The molecule has 2 aromatic heterocycles. The lowest BCUT2D eigenvalue weighted by molar-refractivity contribution is 0.260. The Morgan fingerprint density at radius 2 is 2.21 bits per heavy atom. The summed E-state index contributed by atoms with van der Waals surface area (Å²) in [5.74, 6) is 0.923. The minimum atomic E-state index is -0.303. The average Bonchev–Trinajstić information content (AvgIpc) is 3.17. The Bertz CT molecular complexity index is 939. The molecule has 0 unspecified atom stereocenters. The first kappa shape index (κ1) is 14.2. The average molecular weight is 341 g/mol. The molecular formula is C18H16FN3OS. The molecule has 1 aliphatic heterocycles. The smallest absolute Gasteiger partial charge is 0.165 e. The molecule has 4 nitrogen and oxygen atoms in total. The fourth-order valence-corrected chi connectivity index (χ4v) is 4.97. The van der Waals surface area contributed by atoms with Crippen LogP contribution in [0.25, 0.3) is 10.2 Å². The number of aryl methyl sites for hydroxylation is 2. The van der Waals surface area contributed by atoms with E-state index in [4.69, 9.17) is 4.74 Å². The molecule has 122 valence electrons. The molecule has 2 aliphatic rings. The van der Waals surface area contributed by atoms with E-state index in [0.29, 0.717) is 12.4 Å². The van der Waals surface area contributed by atoms with E-state index in [2.05, 4.69) is 15.3 Å². The van der Waals surface area contributed by atoms with Gasteiger partial charge in [0.25, 0.3) is 0 Å². The largest absolute Gasteiger partial charge is 0.490 e. The van der Waals surface area contributed by atoms with E-state index in [1.807, 2.05) is 6.07 Å². The quantitative estimate of drug-likeness (QED) is 0.757. The number of ether oxygens (including phenoxy) is 1. The van der Waals surface area contributed by atoms with Crippen molar-refractivity contribution in [2.45, 2.75) is 31.7 Å². The maximum Gasteiger partial charge on any atom is 0.165 e. The van der Waals surface area contributed by atoms with Crippen molar-refractivity contribution >= 4 is 27.4 Å². The van der Waals surface area contributed by atoms with Gasteiger partial charge in [0.15, 0.2) is 11.6 Å². The number of hydrogen-bond acceptors (Lipinski definition) is 5. The van der Waals surface area contributed by atoms with Gasteiger partial charge in [-0.15, -0.1) is 11.3 Å². The van der Waals surface area contributed by atoms with Crippen LogP contribution in [0.4, 0.5) is 10.2 Å². The summed E-state index contributed by atoms with van der Waals surface area (Å²) >= 11 is 1.77.